The second-order valence-corrected chi connectivity index (χ2v) is 4.40. The molecule has 0 unspecified atom stereocenters. The number of halogens is 3. The number of nitrogens with zero attached hydrogens (tertiary/aromatic N) is 1. The molecule has 18 heavy (non-hydrogen) atoms. The van der Waals surface area contributed by atoms with Gasteiger partial charge in [0.15, 0.2) is 5.82 Å². The van der Waals surface area contributed by atoms with E-state index >= 15 is 0 Å². The summed E-state index contributed by atoms with van der Waals surface area (Å²) in [4.78, 5) is 4.15. The van der Waals surface area contributed by atoms with Crippen molar-refractivity contribution in [3.05, 3.63) is 63.9 Å². The van der Waals surface area contributed by atoms with Gasteiger partial charge in [-0.2, -0.15) is 0 Å². The van der Waals surface area contributed by atoms with E-state index in [9.17, 15) is 4.39 Å². The molecule has 0 spiro atoms. The molecule has 0 heterocycles. The molecule has 0 fully saturated rings. The summed E-state index contributed by atoms with van der Waals surface area (Å²) in [5, 5.41) is -0.163. The molecule has 2 rings (SSSR count). The summed E-state index contributed by atoms with van der Waals surface area (Å²) in [6.45, 7) is 0. The van der Waals surface area contributed by atoms with Crippen molar-refractivity contribution >= 4 is 34.7 Å². The van der Waals surface area contributed by atoms with E-state index in [0.29, 0.717) is 11.5 Å². The smallest absolute Gasteiger partial charge is 0.160 e. The van der Waals surface area contributed by atoms with Crippen LogP contribution < -0.4 is 5.73 Å². The maximum Gasteiger partial charge on any atom is 0.160 e. The largest absolute Gasteiger partial charge is 0.383 e. The van der Waals surface area contributed by atoms with Crippen molar-refractivity contribution in [2.45, 2.75) is 0 Å². The Kier molecular flexibility index (Phi) is 3.84. The Hall–Kier alpha value is -1.58. The lowest BCUT2D eigenvalue weighted by molar-refractivity contribution is 0.629. The van der Waals surface area contributed by atoms with Crippen LogP contribution >= 0.6 is 23.2 Å². The van der Waals surface area contributed by atoms with Crippen molar-refractivity contribution in [3.8, 4) is 0 Å². The highest BCUT2D eigenvalue weighted by Gasteiger charge is 2.07. The first-order valence-corrected chi connectivity index (χ1v) is 5.87. The van der Waals surface area contributed by atoms with Crippen LogP contribution in [0.15, 0.2) is 47.5 Å². The van der Waals surface area contributed by atoms with Crippen LogP contribution in [0.25, 0.3) is 0 Å². The normalized spacial score (nSPS) is 11.6. The summed E-state index contributed by atoms with van der Waals surface area (Å²) in [5.74, 6) is -0.343. The van der Waals surface area contributed by atoms with Crippen molar-refractivity contribution in [1.29, 1.82) is 0 Å². The van der Waals surface area contributed by atoms with E-state index in [2.05, 4.69) is 4.99 Å². The van der Waals surface area contributed by atoms with E-state index in [0.717, 1.165) is 5.56 Å². The second-order valence-electron chi connectivity index (χ2n) is 3.59. The quantitative estimate of drug-likeness (QED) is 0.501. The lowest BCUT2D eigenvalue weighted by atomic mass is 10.2. The number of hydrogen-bond donors (Lipinski definition) is 1. The molecular weight excluding hydrogens is 274 g/mol. The molecule has 2 aromatic rings. The summed E-state index contributed by atoms with van der Waals surface area (Å²) in [6, 6.07) is 12.0. The number of aliphatic imine (C=N–C) groups is 1. The second kappa shape index (κ2) is 5.38. The zero-order chi connectivity index (χ0) is 13.1. The lowest BCUT2D eigenvalue weighted by Crippen LogP contribution is -2.12. The number of benzene rings is 2. The molecule has 0 aliphatic heterocycles. The summed E-state index contributed by atoms with van der Waals surface area (Å²) in [6.07, 6.45) is 0. The minimum absolute atomic E-state index is 0.0814. The first kappa shape index (κ1) is 12.9. The van der Waals surface area contributed by atoms with Gasteiger partial charge in [-0.05, 0) is 12.1 Å². The Morgan fingerprint density at radius 1 is 1.06 bits per heavy atom. The zero-order valence-corrected chi connectivity index (χ0v) is 10.7. The third kappa shape index (κ3) is 2.81. The Bertz CT molecular complexity index is 574. The van der Waals surface area contributed by atoms with E-state index in [-0.39, 0.29) is 10.0 Å². The molecule has 92 valence electrons. The summed E-state index contributed by atoms with van der Waals surface area (Å²) >= 11 is 11.4. The van der Waals surface area contributed by atoms with Crippen molar-refractivity contribution in [3.63, 3.8) is 0 Å². The Labute approximate surface area is 114 Å². The molecule has 2 nitrogen and oxygen atoms in total. The molecule has 5 heteroatoms. The lowest BCUT2D eigenvalue weighted by Gasteiger charge is -2.03. The minimum Gasteiger partial charge on any atom is -0.383 e. The van der Waals surface area contributed by atoms with Gasteiger partial charge in [0.2, 0.25) is 0 Å². The van der Waals surface area contributed by atoms with Gasteiger partial charge in [-0.15, -0.1) is 0 Å². The first-order chi connectivity index (χ1) is 8.58. The fraction of sp³-hybridized carbons (Fsp3) is 0. The van der Waals surface area contributed by atoms with Crippen LogP contribution in [0.2, 0.25) is 10.0 Å². The minimum atomic E-state index is -0.657. The number of nitrogens with two attached hydrogens (primary N) is 1. The predicted octanol–water partition coefficient (Wildman–Crippen LogP) is 4.17. The molecule has 0 aliphatic carbocycles. The van der Waals surface area contributed by atoms with Crippen LogP contribution in [0.3, 0.4) is 0 Å². The van der Waals surface area contributed by atoms with Crippen LogP contribution in [0.5, 0.6) is 0 Å². The van der Waals surface area contributed by atoms with Crippen LogP contribution in [-0.4, -0.2) is 5.84 Å². The Morgan fingerprint density at radius 2 is 1.61 bits per heavy atom. The third-order valence-corrected chi connectivity index (χ3v) is 2.84. The molecule has 0 radical (unpaired) electrons. The highest BCUT2D eigenvalue weighted by atomic mass is 35.5. The molecule has 0 atom stereocenters. The number of rotatable bonds is 2. The van der Waals surface area contributed by atoms with E-state index < -0.39 is 5.82 Å². The van der Waals surface area contributed by atoms with Crippen LogP contribution in [0.1, 0.15) is 5.56 Å². The molecule has 0 amide bonds. The van der Waals surface area contributed by atoms with Crippen molar-refractivity contribution < 1.29 is 4.39 Å². The van der Waals surface area contributed by atoms with Crippen molar-refractivity contribution in [2.75, 3.05) is 0 Å². The molecule has 0 aliphatic rings. The maximum absolute atomic E-state index is 13.2. The third-order valence-electron chi connectivity index (χ3n) is 2.29. The zero-order valence-electron chi connectivity index (χ0n) is 9.20. The molecule has 0 bridgehead atoms. The molecular formula is C13H9Cl2FN2. The van der Waals surface area contributed by atoms with Gasteiger partial charge in [0.25, 0.3) is 0 Å². The van der Waals surface area contributed by atoms with Gasteiger partial charge < -0.3 is 5.73 Å². The van der Waals surface area contributed by atoms with E-state index in [1.807, 2.05) is 30.3 Å². The van der Waals surface area contributed by atoms with Crippen molar-refractivity contribution in [2.24, 2.45) is 10.7 Å². The molecule has 2 aromatic carbocycles. The van der Waals surface area contributed by atoms with E-state index in [4.69, 9.17) is 28.9 Å². The summed E-state index contributed by atoms with van der Waals surface area (Å²) < 4.78 is 13.2. The fourth-order valence-corrected chi connectivity index (χ4v) is 1.89. The molecule has 2 N–H and O–H groups in total. The van der Waals surface area contributed by atoms with Gasteiger partial charge >= 0.3 is 0 Å². The van der Waals surface area contributed by atoms with Gasteiger partial charge in [-0.25, -0.2) is 9.38 Å². The first-order valence-electron chi connectivity index (χ1n) is 5.12. The van der Waals surface area contributed by atoms with Gasteiger partial charge in [0.1, 0.15) is 5.84 Å². The Balaban J connectivity index is 2.39. The Morgan fingerprint density at radius 3 is 2.17 bits per heavy atom. The summed E-state index contributed by atoms with van der Waals surface area (Å²) in [5.41, 5.74) is 7.02. The van der Waals surface area contributed by atoms with E-state index in [1.54, 1.807) is 0 Å². The molecule has 0 saturated heterocycles. The molecule has 0 saturated carbocycles. The summed E-state index contributed by atoms with van der Waals surface area (Å²) in [7, 11) is 0. The highest BCUT2D eigenvalue weighted by Crippen LogP contribution is 2.29. The average Bonchev–Trinajstić information content (AvgIpc) is 2.37. The van der Waals surface area contributed by atoms with Gasteiger partial charge in [0.05, 0.1) is 15.7 Å². The van der Waals surface area contributed by atoms with Gasteiger partial charge in [-0.1, -0.05) is 53.5 Å². The monoisotopic (exact) mass is 282 g/mol. The standard InChI is InChI=1S/C13H9Cl2FN2/c14-10-6-9(7-11(15)12(10)16)18-13(17)8-4-2-1-3-5-8/h1-7H,(H2,17,18). The number of hydrogen-bond acceptors (Lipinski definition) is 1. The van der Waals surface area contributed by atoms with Gasteiger partial charge in [-0.3, -0.25) is 0 Å². The van der Waals surface area contributed by atoms with E-state index in [1.165, 1.54) is 12.1 Å². The highest BCUT2D eigenvalue weighted by molar-refractivity contribution is 6.35. The predicted molar refractivity (Wildman–Crippen MR) is 73.2 cm³/mol. The molecule has 0 aromatic heterocycles. The topological polar surface area (TPSA) is 38.4 Å². The van der Waals surface area contributed by atoms with Crippen LogP contribution in [-0.2, 0) is 0 Å². The van der Waals surface area contributed by atoms with Crippen LogP contribution in [0.4, 0.5) is 10.1 Å². The van der Waals surface area contributed by atoms with Crippen molar-refractivity contribution in [1.82, 2.24) is 0 Å². The SMILES string of the molecule is NC(=Nc1cc(Cl)c(F)c(Cl)c1)c1ccccc1. The maximum atomic E-state index is 13.2. The number of amidine groups is 1. The average molecular weight is 283 g/mol. The fourth-order valence-electron chi connectivity index (χ4n) is 1.42. The van der Waals surface area contributed by atoms with Crippen LogP contribution in [0, 0.1) is 5.82 Å². The van der Waals surface area contributed by atoms with Gasteiger partial charge in [0, 0.05) is 5.56 Å².